The largest absolute Gasteiger partial charge is 0.349 e. The molecule has 1 saturated heterocycles. The first-order valence-electron chi connectivity index (χ1n) is 5.64. The van der Waals surface area contributed by atoms with Crippen LogP contribution in [0.2, 0.25) is 5.02 Å². The van der Waals surface area contributed by atoms with E-state index in [0.29, 0.717) is 0 Å². The van der Waals surface area contributed by atoms with E-state index in [9.17, 15) is 9.18 Å². The fraction of sp³-hybridized carbons (Fsp3) is 0.417. The van der Waals surface area contributed by atoms with Crippen molar-refractivity contribution in [2.24, 2.45) is 0 Å². The first kappa shape index (κ1) is 15.2. The van der Waals surface area contributed by atoms with Gasteiger partial charge in [-0.25, -0.2) is 4.39 Å². The van der Waals surface area contributed by atoms with Crippen molar-refractivity contribution in [1.82, 2.24) is 10.6 Å². The van der Waals surface area contributed by atoms with E-state index in [4.69, 9.17) is 11.6 Å². The van der Waals surface area contributed by atoms with Gasteiger partial charge < -0.3 is 10.6 Å². The molecule has 1 heterocycles. The van der Waals surface area contributed by atoms with Gasteiger partial charge in [-0.15, -0.1) is 12.4 Å². The molecule has 100 valence electrons. The number of piperidine rings is 1. The molecule has 0 unspecified atom stereocenters. The molecule has 1 aromatic carbocycles. The Kier molecular flexibility index (Phi) is 5.85. The van der Waals surface area contributed by atoms with E-state index in [0.717, 1.165) is 25.9 Å². The Hall–Kier alpha value is -0.840. The van der Waals surface area contributed by atoms with Gasteiger partial charge in [-0.1, -0.05) is 17.7 Å². The Morgan fingerprint density at radius 3 is 2.67 bits per heavy atom. The lowest BCUT2D eigenvalue weighted by atomic mass is 10.1. The molecular formula is C12H15Cl2FN2O. The minimum absolute atomic E-state index is 0. The summed E-state index contributed by atoms with van der Waals surface area (Å²) in [7, 11) is 0. The van der Waals surface area contributed by atoms with Crippen molar-refractivity contribution in [1.29, 1.82) is 0 Å². The zero-order chi connectivity index (χ0) is 12.3. The second-order valence-corrected chi connectivity index (χ2v) is 4.50. The van der Waals surface area contributed by atoms with Crippen molar-refractivity contribution in [3.05, 3.63) is 34.6 Å². The molecule has 0 aromatic heterocycles. The SMILES string of the molecule is Cl.O=C(NC1CCNCC1)c1c(F)cccc1Cl. The third-order valence-corrected chi connectivity index (χ3v) is 3.18. The number of rotatable bonds is 2. The second kappa shape index (κ2) is 6.92. The second-order valence-electron chi connectivity index (χ2n) is 4.09. The third-order valence-electron chi connectivity index (χ3n) is 2.86. The molecule has 0 bridgehead atoms. The molecule has 6 heteroatoms. The standard InChI is InChI=1S/C12H14ClFN2O.ClH/c13-9-2-1-3-10(14)11(9)12(17)16-8-4-6-15-7-5-8;/h1-3,8,15H,4-7H2,(H,16,17);1H. The zero-order valence-electron chi connectivity index (χ0n) is 9.71. The maximum absolute atomic E-state index is 13.5. The summed E-state index contributed by atoms with van der Waals surface area (Å²) >= 11 is 5.83. The smallest absolute Gasteiger partial charge is 0.255 e. The fourth-order valence-corrected chi connectivity index (χ4v) is 2.19. The Balaban J connectivity index is 0.00000162. The number of halogens is 3. The Morgan fingerprint density at radius 2 is 2.06 bits per heavy atom. The van der Waals surface area contributed by atoms with E-state index in [1.165, 1.54) is 18.2 Å². The van der Waals surface area contributed by atoms with Crippen LogP contribution in [0, 0.1) is 5.82 Å². The molecule has 1 fully saturated rings. The van der Waals surface area contributed by atoms with Gasteiger partial charge in [0.05, 0.1) is 10.6 Å². The number of hydrogen-bond acceptors (Lipinski definition) is 2. The molecule has 0 aliphatic carbocycles. The van der Waals surface area contributed by atoms with E-state index in [2.05, 4.69) is 10.6 Å². The topological polar surface area (TPSA) is 41.1 Å². The van der Waals surface area contributed by atoms with Gasteiger partial charge in [0, 0.05) is 6.04 Å². The highest BCUT2D eigenvalue weighted by molar-refractivity contribution is 6.33. The molecule has 1 amide bonds. The molecule has 1 aliphatic rings. The van der Waals surface area contributed by atoms with Crippen LogP contribution in [0.15, 0.2) is 18.2 Å². The van der Waals surface area contributed by atoms with Gasteiger partial charge in [-0.05, 0) is 38.1 Å². The van der Waals surface area contributed by atoms with E-state index >= 15 is 0 Å². The number of hydrogen-bond donors (Lipinski definition) is 2. The molecule has 1 aromatic rings. The molecule has 0 saturated carbocycles. The van der Waals surface area contributed by atoms with Crippen molar-refractivity contribution < 1.29 is 9.18 Å². The van der Waals surface area contributed by atoms with E-state index < -0.39 is 11.7 Å². The molecule has 1 aliphatic heterocycles. The summed E-state index contributed by atoms with van der Waals surface area (Å²) in [6.45, 7) is 1.74. The van der Waals surface area contributed by atoms with Crippen LogP contribution in [-0.4, -0.2) is 25.0 Å². The van der Waals surface area contributed by atoms with Crippen LogP contribution in [0.1, 0.15) is 23.2 Å². The van der Waals surface area contributed by atoms with Crippen LogP contribution in [0.4, 0.5) is 4.39 Å². The highest BCUT2D eigenvalue weighted by Crippen LogP contribution is 2.19. The van der Waals surface area contributed by atoms with Crippen molar-refractivity contribution in [3.8, 4) is 0 Å². The average Bonchev–Trinajstić information content (AvgIpc) is 2.30. The number of carbonyl (C=O) groups excluding carboxylic acids is 1. The molecule has 0 radical (unpaired) electrons. The number of nitrogens with one attached hydrogen (secondary N) is 2. The van der Waals surface area contributed by atoms with Crippen LogP contribution < -0.4 is 10.6 Å². The van der Waals surface area contributed by atoms with Crippen molar-refractivity contribution in [2.45, 2.75) is 18.9 Å². The van der Waals surface area contributed by atoms with Gasteiger partial charge in [0.1, 0.15) is 5.82 Å². The lowest BCUT2D eigenvalue weighted by Gasteiger charge is -2.23. The summed E-state index contributed by atoms with van der Waals surface area (Å²) < 4.78 is 13.5. The highest BCUT2D eigenvalue weighted by Gasteiger charge is 2.20. The summed E-state index contributed by atoms with van der Waals surface area (Å²) in [4.78, 5) is 11.9. The summed E-state index contributed by atoms with van der Waals surface area (Å²) in [5.41, 5.74) is -0.0623. The minimum Gasteiger partial charge on any atom is -0.349 e. The van der Waals surface area contributed by atoms with Crippen LogP contribution in [0.3, 0.4) is 0 Å². The first-order valence-corrected chi connectivity index (χ1v) is 6.02. The number of amides is 1. The first-order chi connectivity index (χ1) is 8.18. The molecule has 0 atom stereocenters. The lowest BCUT2D eigenvalue weighted by molar-refractivity contribution is 0.0925. The quantitative estimate of drug-likeness (QED) is 0.879. The average molecular weight is 293 g/mol. The zero-order valence-corrected chi connectivity index (χ0v) is 11.3. The van der Waals surface area contributed by atoms with Crippen LogP contribution in [-0.2, 0) is 0 Å². The highest BCUT2D eigenvalue weighted by atomic mass is 35.5. The predicted molar refractivity (Wildman–Crippen MR) is 72.0 cm³/mol. The summed E-state index contributed by atoms with van der Waals surface area (Å²) in [6, 6.07) is 4.34. The van der Waals surface area contributed by atoms with Gasteiger partial charge in [0.15, 0.2) is 0 Å². The maximum atomic E-state index is 13.5. The number of carbonyl (C=O) groups is 1. The van der Waals surface area contributed by atoms with Gasteiger partial charge in [0.25, 0.3) is 5.91 Å². The Bertz CT molecular complexity index is 402. The predicted octanol–water partition coefficient (Wildman–Crippen LogP) is 2.38. The lowest BCUT2D eigenvalue weighted by Crippen LogP contribution is -2.43. The Morgan fingerprint density at radius 1 is 1.39 bits per heavy atom. The van der Waals surface area contributed by atoms with Crippen molar-refractivity contribution >= 4 is 29.9 Å². The van der Waals surface area contributed by atoms with E-state index in [1.54, 1.807) is 0 Å². The van der Waals surface area contributed by atoms with Gasteiger partial charge in [0.2, 0.25) is 0 Å². The van der Waals surface area contributed by atoms with Crippen molar-refractivity contribution in [3.63, 3.8) is 0 Å². The summed E-state index contributed by atoms with van der Waals surface area (Å²) in [6.07, 6.45) is 1.72. The molecular weight excluding hydrogens is 278 g/mol. The van der Waals surface area contributed by atoms with Crippen LogP contribution >= 0.6 is 24.0 Å². The summed E-state index contributed by atoms with van der Waals surface area (Å²) in [5, 5.41) is 6.16. The van der Waals surface area contributed by atoms with E-state index in [1.807, 2.05) is 0 Å². The normalized spacial score (nSPS) is 15.9. The molecule has 0 spiro atoms. The van der Waals surface area contributed by atoms with Crippen LogP contribution in [0.25, 0.3) is 0 Å². The Labute approximate surface area is 116 Å². The van der Waals surface area contributed by atoms with Crippen molar-refractivity contribution in [2.75, 3.05) is 13.1 Å². The minimum atomic E-state index is -0.580. The maximum Gasteiger partial charge on any atom is 0.255 e. The van der Waals surface area contributed by atoms with Gasteiger partial charge in [-0.2, -0.15) is 0 Å². The van der Waals surface area contributed by atoms with Gasteiger partial charge >= 0.3 is 0 Å². The monoisotopic (exact) mass is 292 g/mol. The molecule has 3 nitrogen and oxygen atoms in total. The van der Waals surface area contributed by atoms with E-state index in [-0.39, 0.29) is 29.0 Å². The molecule has 18 heavy (non-hydrogen) atoms. The third kappa shape index (κ3) is 3.57. The summed E-state index contributed by atoms with van der Waals surface area (Å²) in [5.74, 6) is -1.01. The van der Waals surface area contributed by atoms with Crippen LogP contribution in [0.5, 0.6) is 0 Å². The fourth-order valence-electron chi connectivity index (χ4n) is 1.94. The molecule has 2 rings (SSSR count). The van der Waals surface area contributed by atoms with Gasteiger partial charge in [-0.3, -0.25) is 4.79 Å². The molecule has 2 N–H and O–H groups in total. The number of benzene rings is 1.